The molecular weight excluding hydrogens is 288 g/mol. The summed E-state index contributed by atoms with van der Waals surface area (Å²) in [5.74, 6) is -0.926. The van der Waals surface area contributed by atoms with Gasteiger partial charge in [0.05, 0.1) is 0 Å². The van der Waals surface area contributed by atoms with Gasteiger partial charge in [-0.25, -0.2) is 4.79 Å². The van der Waals surface area contributed by atoms with E-state index in [1.807, 2.05) is 6.08 Å². The molecule has 0 aliphatic carbocycles. The van der Waals surface area contributed by atoms with Crippen molar-refractivity contribution < 1.29 is 15.0 Å². The Morgan fingerprint density at radius 2 is 1.30 bits per heavy atom. The molecule has 0 atom stereocenters. The molecule has 0 aliphatic heterocycles. The molecule has 2 N–H and O–H groups in total. The maximum absolute atomic E-state index is 10.3. The van der Waals surface area contributed by atoms with E-state index in [0.717, 1.165) is 18.9 Å². The van der Waals surface area contributed by atoms with Crippen molar-refractivity contribution in [2.45, 2.75) is 84.0 Å². The fourth-order valence-electron chi connectivity index (χ4n) is 2.42. The highest BCUT2D eigenvalue weighted by Gasteiger charge is 1.92. The zero-order chi connectivity index (χ0) is 17.2. The highest BCUT2D eigenvalue weighted by molar-refractivity contribution is 5.80. The minimum atomic E-state index is -1.01. The zero-order valence-corrected chi connectivity index (χ0v) is 14.7. The quantitative estimate of drug-likeness (QED) is 0.160. The van der Waals surface area contributed by atoms with Crippen LogP contribution in [0.5, 0.6) is 0 Å². The molecular formula is C20H34O3. The summed E-state index contributed by atoms with van der Waals surface area (Å²) >= 11 is 0. The third-order valence-corrected chi connectivity index (χ3v) is 3.77. The summed E-state index contributed by atoms with van der Waals surface area (Å²) in [5.41, 5.74) is 0. The lowest BCUT2D eigenvalue weighted by Gasteiger charge is -2.01. The van der Waals surface area contributed by atoms with Crippen molar-refractivity contribution in [2.24, 2.45) is 0 Å². The predicted octanol–water partition coefficient (Wildman–Crippen LogP) is 6.33. The first-order valence-electron chi connectivity index (χ1n) is 9.13. The molecule has 0 fully saturated rings. The van der Waals surface area contributed by atoms with E-state index >= 15 is 0 Å². The molecule has 0 bridgehead atoms. The number of carboxylic acid groups (broad SMARTS) is 1. The van der Waals surface area contributed by atoms with Crippen LogP contribution < -0.4 is 0 Å². The van der Waals surface area contributed by atoms with Crippen LogP contribution in [0.25, 0.3) is 0 Å². The van der Waals surface area contributed by atoms with E-state index in [-0.39, 0.29) is 5.76 Å². The van der Waals surface area contributed by atoms with E-state index in [0.29, 0.717) is 0 Å². The molecule has 0 spiro atoms. The van der Waals surface area contributed by atoms with Gasteiger partial charge in [-0.1, -0.05) is 83.3 Å². The van der Waals surface area contributed by atoms with E-state index in [2.05, 4.69) is 6.92 Å². The van der Waals surface area contributed by atoms with Crippen molar-refractivity contribution in [3.8, 4) is 0 Å². The second kappa shape index (κ2) is 16.9. The number of rotatable bonds is 15. The Morgan fingerprint density at radius 3 is 1.83 bits per heavy atom. The van der Waals surface area contributed by atoms with Crippen LogP contribution in [0.4, 0.5) is 0 Å². The number of hydrogen-bond acceptors (Lipinski definition) is 2. The molecule has 0 aromatic heterocycles. The number of carboxylic acids is 1. The molecule has 0 aromatic carbocycles. The lowest BCUT2D eigenvalue weighted by Crippen LogP contribution is -1.84. The van der Waals surface area contributed by atoms with Crippen molar-refractivity contribution in [1.82, 2.24) is 0 Å². The maximum Gasteiger partial charge on any atom is 0.328 e. The van der Waals surface area contributed by atoms with E-state index in [4.69, 9.17) is 5.11 Å². The summed E-state index contributed by atoms with van der Waals surface area (Å²) < 4.78 is 0. The number of allylic oxidation sites excluding steroid dienone is 4. The van der Waals surface area contributed by atoms with E-state index in [1.54, 1.807) is 6.08 Å². The number of carbonyl (C=O) groups is 1. The molecule has 132 valence electrons. The normalized spacial score (nSPS) is 12.5. The van der Waals surface area contributed by atoms with Crippen molar-refractivity contribution in [3.63, 3.8) is 0 Å². The number of aliphatic hydroxyl groups is 1. The van der Waals surface area contributed by atoms with Crippen LogP contribution >= 0.6 is 0 Å². The van der Waals surface area contributed by atoms with Gasteiger partial charge in [-0.2, -0.15) is 0 Å². The zero-order valence-electron chi connectivity index (χ0n) is 14.7. The van der Waals surface area contributed by atoms with Crippen LogP contribution in [0, 0.1) is 0 Å². The molecule has 3 nitrogen and oxygen atoms in total. The van der Waals surface area contributed by atoms with Crippen LogP contribution in [-0.2, 0) is 4.79 Å². The lowest BCUT2D eigenvalue weighted by atomic mass is 10.1. The third kappa shape index (κ3) is 18.4. The van der Waals surface area contributed by atoms with Gasteiger partial charge in [0, 0.05) is 6.08 Å². The average molecular weight is 322 g/mol. The van der Waals surface area contributed by atoms with Gasteiger partial charge in [0.25, 0.3) is 0 Å². The molecule has 0 aromatic rings. The Balaban J connectivity index is 3.38. The molecule has 0 heterocycles. The van der Waals surface area contributed by atoms with Crippen LogP contribution in [0.1, 0.15) is 84.0 Å². The minimum Gasteiger partial charge on any atom is -0.508 e. The summed E-state index contributed by atoms with van der Waals surface area (Å²) in [5, 5.41) is 17.9. The largest absolute Gasteiger partial charge is 0.508 e. The van der Waals surface area contributed by atoms with Gasteiger partial charge in [-0.15, -0.1) is 0 Å². The number of unbranched alkanes of at least 4 members (excludes halogenated alkanes) is 11. The first-order chi connectivity index (χ1) is 11.2. The molecule has 0 saturated carbocycles. The molecule has 0 unspecified atom stereocenters. The predicted molar refractivity (Wildman–Crippen MR) is 97.7 cm³/mol. The van der Waals surface area contributed by atoms with Gasteiger partial charge < -0.3 is 10.2 Å². The summed E-state index contributed by atoms with van der Waals surface area (Å²) in [6, 6.07) is 0. The Morgan fingerprint density at radius 1 is 0.783 bits per heavy atom. The van der Waals surface area contributed by atoms with E-state index < -0.39 is 5.97 Å². The molecule has 3 heteroatoms. The second-order valence-corrected chi connectivity index (χ2v) is 6.02. The summed E-state index contributed by atoms with van der Waals surface area (Å²) in [6.45, 7) is 2.25. The van der Waals surface area contributed by atoms with Crippen molar-refractivity contribution >= 4 is 5.97 Å². The average Bonchev–Trinajstić information content (AvgIpc) is 2.51. The van der Waals surface area contributed by atoms with Crippen LogP contribution in [-0.4, -0.2) is 16.2 Å². The highest BCUT2D eigenvalue weighted by Crippen LogP contribution is 2.12. The van der Waals surface area contributed by atoms with Gasteiger partial charge in [0.15, 0.2) is 0 Å². The lowest BCUT2D eigenvalue weighted by molar-refractivity contribution is -0.131. The Kier molecular flexibility index (Phi) is 15.7. The van der Waals surface area contributed by atoms with Crippen molar-refractivity contribution in [3.05, 3.63) is 36.1 Å². The molecule has 23 heavy (non-hydrogen) atoms. The topological polar surface area (TPSA) is 57.5 Å². The van der Waals surface area contributed by atoms with Gasteiger partial charge in [-0.05, 0) is 25.0 Å². The smallest absolute Gasteiger partial charge is 0.328 e. The van der Waals surface area contributed by atoms with Crippen LogP contribution in [0.3, 0.4) is 0 Å². The monoisotopic (exact) mass is 322 g/mol. The van der Waals surface area contributed by atoms with Gasteiger partial charge in [0.2, 0.25) is 0 Å². The number of aliphatic hydroxyl groups excluding tert-OH is 1. The van der Waals surface area contributed by atoms with Gasteiger partial charge >= 0.3 is 5.97 Å². The van der Waals surface area contributed by atoms with E-state index in [1.165, 1.54) is 76.4 Å². The Hall–Kier alpha value is -1.51. The Bertz CT molecular complexity index is 367. The first-order valence-corrected chi connectivity index (χ1v) is 9.13. The van der Waals surface area contributed by atoms with Crippen LogP contribution in [0.15, 0.2) is 36.1 Å². The standard InChI is InChI=1S/C20H34O3/c1-2-3-4-5-6-7-8-9-10-11-12-13-14-16-19(21)17-15-18-20(22)23/h14-18,21H,2-13H2,1H3,(H,22,23)/b16-14+,18-15+,19-17-. The fraction of sp³-hybridized carbons (Fsp3) is 0.650. The Labute approximate surface area is 141 Å². The highest BCUT2D eigenvalue weighted by atomic mass is 16.4. The first kappa shape index (κ1) is 21.5. The van der Waals surface area contributed by atoms with Crippen molar-refractivity contribution in [2.75, 3.05) is 0 Å². The summed E-state index contributed by atoms with van der Waals surface area (Å²) in [6.07, 6.45) is 22.9. The summed E-state index contributed by atoms with van der Waals surface area (Å²) in [4.78, 5) is 10.3. The minimum absolute atomic E-state index is 0.0885. The van der Waals surface area contributed by atoms with E-state index in [9.17, 15) is 9.90 Å². The fourth-order valence-corrected chi connectivity index (χ4v) is 2.42. The molecule has 0 radical (unpaired) electrons. The SMILES string of the molecule is CCCCCCCCCCCCC/C=C/C(O)=C/C=C/C(=O)O. The second-order valence-electron chi connectivity index (χ2n) is 6.02. The molecule has 0 amide bonds. The molecule has 0 rings (SSSR count). The van der Waals surface area contributed by atoms with Crippen molar-refractivity contribution in [1.29, 1.82) is 0 Å². The van der Waals surface area contributed by atoms with Crippen LogP contribution in [0.2, 0.25) is 0 Å². The van der Waals surface area contributed by atoms with Gasteiger partial charge in [0.1, 0.15) is 5.76 Å². The molecule has 0 saturated heterocycles. The third-order valence-electron chi connectivity index (χ3n) is 3.77. The number of aliphatic carboxylic acids is 1. The van der Waals surface area contributed by atoms with Gasteiger partial charge in [-0.3, -0.25) is 0 Å². The number of hydrogen-bond donors (Lipinski definition) is 2. The molecule has 0 aliphatic rings. The maximum atomic E-state index is 10.3. The summed E-state index contributed by atoms with van der Waals surface area (Å²) in [7, 11) is 0.